The molecule has 1 aromatic heterocycles. The highest BCUT2D eigenvalue weighted by Crippen LogP contribution is 2.13. The zero-order valence-corrected chi connectivity index (χ0v) is 7.93. The van der Waals surface area contributed by atoms with Gasteiger partial charge in [0.25, 0.3) is 0 Å². The van der Waals surface area contributed by atoms with Gasteiger partial charge in [0, 0.05) is 5.56 Å². The summed E-state index contributed by atoms with van der Waals surface area (Å²) in [6, 6.07) is 7.93. The maximum atomic E-state index is 5.51. The van der Waals surface area contributed by atoms with E-state index >= 15 is 0 Å². The normalized spacial score (nSPS) is 10.1. The molecule has 3 heteroatoms. The van der Waals surface area contributed by atoms with Crippen molar-refractivity contribution in [1.82, 2.24) is 5.16 Å². The van der Waals surface area contributed by atoms with E-state index in [-0.39, 0.29) is 0 Å². The van der Waals surface area contributed by atoms with E-state index in [0.717, 1.165) is 11.3 Å². The van der Waals surface area contributed by atoms with E-state index in [1.54, 1.807) is 12.5 Å². The third-order valence-electron chi connectivity index (χ3n) is 1.91. The van der Waals surface area contributed by atoms with Crippen LogP contribution in [0.25, 0.3) is 0 Å². The number of benzene rings is 1. The molecule has 0 saturated carbocycles. The maximum Gasteiger partial charge on any atom is 0.130 e. The second kappa shape index (κ2) is 3.96. The summed E-state index contributed by atoms with van der Waals surface area (Å²) in [6.07, 6.45) is 3.22. The molecule has 2 rings (SSSR count). The summed E-state index contributed by atoms with van der Waals surface area (Å²) < 4.78 is 10.2. The van der Waals surface area contributed by atoms with Gasteiger partial charge in [0.05, 0.1) is 6.20 Å². The largest absolute Gasteiger partial charge is 0.489 e. The van der Waals surface area contributed by atoms with Crippen molar-refractivity contribution in [3.63, 3.8) is 0 Å². The molecule has 0 aliphatic heterocycles. The minimum atomic E-state index is 0.493. The zero-order valence-electron chi connectivity index (χ0n) is 7.93. The Labute approximate surface area is 82.3 Å². The first-order chi connectivity index (χ1) is 6.84. The number of ether oxygens (including phenoxy) is 1. The Morgan fingerprint density at radius 1 is 1.29 bits per heavy atom. The Morgan fingerprint density at radius 3 is 2.71 bits per heavy atom. The van der Waals surface area contributed by atoms with Crippen LogP contribution in [-0.2, 0) is 6.61 Å². The maximum absolute atomic E-state index is 5.51. The predicted molar refractivity (Wildman–Crippen MR) is 52.0 cm³/mol. The number of aryl methyl sites for hydroxylation is 1. The van der Waals surface area contributed by atoms with Crippen LogP contribution in [0.5, 0.6) is 5.75 Å². The van der Waals surface area contributed by atoms with Crippen LogP contribution in [0.15, 0.2) is 41.2 Å². The van der Waals surface area contributed by atoms with Gasteiger partial charge in [0.15, 0.2) is 0 Å². The van der Waals surface area contributed by atoms with Crippen molar-refractivity contribution in [3.05, 3.63) is 47.9 Å². The second-order valence-electron chi connectivity index (χ2n) is 3.13. The summed E-state index contributed by atoms with van der Waals surface area (Å²) in [5.74, 6) is 0.858. The Kier molecular flexibility index (Phi) is 2.49. The average molecular weight is 189 g/mol. The average Bonchev–Trinajstić information content (AvgIpc) is 2.70. The molecule has 1 aromatic carbocycles. The lowest BCUT2D eigenvalue weighted by molar-refractivity contribution is 0.304. The van der Waals surface area contributed by atoms with Crippen molar-refractivity contribution in [2.24, 2.45) is 0 Å². The number of hydrogen-bond donors (Lipinski definition) is 0. The molecule has 0 aliphatic rings. The summed E-state index contributed by atoms with van der Waals surface area (Å²) in [5, 5.41) is 3.59. The minimum absolute atomic E-state index is 0.493. The Bertz CT molecular complexity index is 378. The quantitative estimate of drug-likeness (QED) is 0.744. The molecule has 1 heterocycles. The van der Waals surface area contributed by atoms with E-state index < -0.39 is 0 Å². The van der Waals surface area contributed by atoms with E-state index in [1.807, 2.05) is 31.2 Å². The fourth-order valence-electron chi connectivity index (χ4n) is 1.10. The topological polar surface area (TPSA) is 35.3 Å². The zero-order chi connectivity index (χ0) is 9.80. The molecule has 0 atom stereocenters. The lowest BCUT2D eigenvalue weighted by atomic mass is 10.2. The van der Waals surface area contributed by atoms with Gasteiger partial charge in [0.1, 0.15) is 18.6 Å². The molecule has 0 bridgehead atoms. The first-order valence-electron chi connectivity index (χ1n) is 4.42. The van der Waals surface area contributed by atoms with Crippen LogP contribution in [0.2, 0.25) is 0 Å². The molecular formula is C11H11NO2. The summed E-state index contributed by atoms with van der Waals surface area (Å²) in [6.45, 7) is 2.54. The Balaban J connectivity index is 1.95. The smallest absolute Gasteiger partial charge is 0.130 e. The summed E-state index contributed by atoms with van der Waals surface area (Å²) in [5.41, 5.74) is 2.16. The molecule has 0 aliphatic carbocycles. The fourth-order valence-corrected chi connectivity index (χ4v) is 1.10. The van der Waals surface area contributed by atoms with Gasteiger partial charge in [-0.1, -0.05) is 22.9 Å². The van der Waals surface area contributed by atoms with Crippen LogP contribution in [0.4, 0.5) is 0 Å². The molecule has 0 unspecified atom stereocenters. The number of hydrogen-bond acceptors (Lipinski definition) is 3. The molecular weight excluding hydrogens is 178 g/mol. The molecule has 0 fully saturated rings. The summed E-state index contributed by atoms with van der Waals surface area (Å²) in [4.78, 5) is 0. The lowest BCUT2D eigenvalue weighted by Crippen LogP contribution is -1.93. The first-order valence-corrected chi connectivity index (χ1v) is 4.42. The summed E-state index contributed by atoms with van der Waals surface area (Å²) in [7, 11) is 0. The van der Waals surface area contributed by atoms with Crippen LogP contribution >= 0.6 is 0 Å². The van der Waals surface area contributed by atoms with Crippen molar-refractivity contribution in [3.8, 4) is 5.75 Å². The molecule has 0 N–H and O–H groups in total. The Morgan fingerprint density at radius 2 is 2.07 bits per heavy atom. The predicted octanol–water partition coefficient (Wildman–Crippen LogP) is 2.56. The van der Waals surface area contributed by atoms with E-state index in [0.29, 0.717) is 6.61 Å². The van der Waals surface area contributed by atoms with Crippen LogP contribution in [-0.4, -0.2) is 5.16 Å². The Hall–Kier alpha value is -1.77. The molecule has 72 valence electrons. The highest BCUT2D eigenvalue weighted by atomic mass is 16.5. The van der Waals surface area contributed by atoms with Gasteiger partial charge in [0.2, 0.25) is 0 Å². The van der Waals surface area contributed by atoms with Gasteiger partial charge in [-0.3, -0.25) is 0 Å². The highest BCUT2D eigenvalue weighted by molar-refractivity contribution is 5.26. The van der Waals surface area contributed by atoms with Crippen molar-refractivity contribution >= 4 is 0 Å². The highest BCUT2D eigenvalue weighted by Gasteiger charge is 1.97. The third-order valence-corrected chi connectivity index (χ3v) is 1.91. The van der Waals surface area contributed by atoms with E-state index in [9.17, 15) is 0 Å². The molecule has 0 saturated heterocycles. The van der Waals surface area contributed by atoms with Gasteiger partial charge < -0.3 is 9.26 Å². The molecule has 0 amide bonds. The van der Waals surface area contributed by atoms with E-state index in [1.165, 1.54) is 5.56 Å². The van der Waals surface area contributed by atoms with E-state index in [2.05, 4.69) is 5.16 Å². The third kappa shape index (κ3) is 2.13. The monoisotopic (exact) mass is 189 g/mol. The SMILES string of the molecule is Cc1ccc(OCc2cnoc2)cc1. The van der Waals surface area contributed by atoms with Crippen LogP contribution in [0.1, 0.15) is 11.1 Å². The molecule has 2 aromatic rings. The number of rotatable bonds is 3. The minimum Gasteiger partial charge on any atom is -0.489 e. The van der Waals surface area contributed by atoms with Gasteiger partial charge in [-0.05, 0) is 19.1 Å². The van der Waals surface area contributed by atoms with E-state index in [4.69, 9.17) is 9.26 Å². The van der Waals surface area contributed by atoms with Crippen LogP contribution in [0, 0.1) is 6.92 Å². The van der Waals surface area contributed by atoms with Crippen molar-refractivity contribution in [2.45, 2.75) is 13.5 Å². The fraction of sp³-hybridized carbons (Fsp3) is 0.182. The van der Waals surface area contributed by atoms with Crippen molar-refractivity contribution in [2.75, 3.05) is 0 Å². The number of aromatic nitrogens is 1. The molecule has 0 spiro atoms. The van der Waals surface area contributed by atoms with Gasteiger partial charge in [-0.25, -0.2) is 0 Å². The van der Waals surface area contributed by atoms with Gasteiger partial charge >= 0.3 is 0 Å². The van der Waals surface area contributed by atoms with Crippen molar-refractivity contribution in [1.29, 1.82) is 0 Å². The lowest BCUT2D eigenvalue weighted by Gasteiger charge is -2.03. The van der Waals surface area contributed by atoms with Crippen molar-refractivity contribution < 1.29 is 9.26 Å². The van der Waals surface area contributed by atoms with Gasteiger partial charge in [-0.2, -0.15) is 0 Å². The standard InChI is InChI=1S/C11H11NO2/c1-9-2-4-11(5-3-9)13-7-10-6-12-14-8-10/h2-6,8H,7H2,1H3. The summed E-state index contributed by atoms with van der Waals surface area (Å²) >= 11 is 0. The molecule has 0 radical (unpaired) electrons. The van der Waals surface area contributed by atoms with Crippen LogP contribution in [0.3, 0.4) is 0 Å². The first kappa shape index (κ1) is 8.81. The van der Waals surface area contributed by atoms with Crippen LogP contribution < -0.4 is 4.74 Å². The molecule has 14 heavy (non-hydrogen) atoms. The van der Waals surface area contributed by atoms with Gasteiger partial charge in [-0.15, -0.1) is 0 Å². The molecule has 3 nitrogen and oxygen atoms in total. The second-order valence-corrected chi connectivity index (χ2v) is 3.13. The number of nitrogens with zero attached hydrogens (tertiary/aromatic N) is 1.